The van der Waals surface area contributed by atoms with Crippen LogP contribution in [0.4, 0.5) is 10.5 Å². The fourth-order valence-electron chi connectivity index (χ4n) is 2.75. The van der Waals surface area contributed by atoms with E-state index >= 15 is 0 Å². The molecule has 30 heavy (non-hydrogen) atoms. The number of nitrogens with zero attached hydrogens (tertiary/aromatic N) is 2. The van der Waals surface area contributed by atoms with Crippen molar-refractivity contribution in [1.82, 2.24) is 4.90 Å². The van der Waals surface area contributed by atoms with Gasteiger partial charge in [0.05, 0.1) is 30.7 Å². The molecule has 0 spiro atoms. The van der Waals surface area contributed by atoms with Crippen LogP contribution in [0.1, 0.15) is 16.9 Å². The van der Waals surface area contributed by atoms with Gasteiger partial charge in [0.15, 0.2) is 0 Å². The number of benzene rings is 2. The molecule has 1 heterocycles. The van der Waals surface area contributed by atoms with Crippen LogP contribution in [0, 0.1) is 11.3 Å². The van der Waals surface area contributed by atoms with E-state index in [4.69, 9.17) is 13.9 Å². The van der Waals surface area contributed by atoms with Crippen LogP contribution in [0.5, 0.6) is 5.75 Å². The molecule has 0 aliphatic heterocycles. The summed E-state index contributed by atoms with van der Waals surface area (Å²) in [5.41, 5.74) is 1.58. The van der Waals surface area contributed by atoms with Crippen molar-refractivity contribution in [2.75, 3.05) is 11.6 Å². The van der Waals surface area contributed by atoms with Crippen molar-refractivity contribution in [1.29, 1.82) is 5.26 Å². The first kappa shape index (κ1) is 21.0. The zero-order chi connectivity index (χ0) is 21.6. The fraction of sp³-hybridized carbons (Fsp3) is 0.143. The third-order valence-electron chi connectivity index (χ3n) is 3.98. The van der Waals surface area contributed by atoms with E-state index in [0.717, 1.165) is 6.26 Å². The Labute approximate surface area is 174 Å². The molecular weight excluding hydrogens is 406 g/mol. The van der Waals surface area contributed by atoms with Crippen molar-refractivity contribution in [3.05, 3.63) is 83.8 Å². The molecule has 0 saturated carbocycles. The summed E-state index contributed by atoms with van der Waals surface area (Å²) in [6, 6.07) is 18.2. The molecule has 1 N–H and O–H groups in total. The number of hydrogen-bond acceptors (Lipinski definition) is 6. The maximum Gasteiger partial charge on any atom is 0.322 e. The van der Waals surface area contributed by atoms with Gasteiger partial charge < -0.3 is 18.8 Å². The number of nitrogens with one attached hydrogen (secondary N) is 1. The van der Waals surface area contributed by atoms with Crippen LogP contribution in [0.2, 0.25) is 0 Å². The largest absolute Gasteiger partial charge is 0.467 e. The molecule has 8 nitrogen and oxygen atoms in total. The normalized spacial score (nSPS) is 10.8. The van der Waals surface area contributed by atoms with Crippen LogP contribution in [0.25, 0.3) is 0 Å². The topological polar surface area (TPSA) is 113 Å². The number of anilines is 1. The molecule has 9 heteroatoms. The van der Waals surface area contributed by atoms with E-state index in [0.29, 0.717) is 22.6 Å². The molecule has 2 aromatic carbocycles. The molecule has 0 bridgehead atoms. The Morgan fingerprint density at radius 1 is 1.13 bits per heavy atom. The molecule has 0 fully saturated rings. The predicted octanol–water partition coefficient (Wildman–Crippen LogP) is 3.72. The average molecular weight is 425 g/mol. The third-order valence-corrected chi connectivity index (χ3v) is 4.47. The lowest BCUT2D eigenvalue weighted by Gasteiger charge is -2.22. The summed E-state index contributed by atoms with van der Waals surface area (Å²) < 4.78 is 33.0. The van der Waals surface area contributed by atoms with Crippen molar-refractivity contribution in [3.63, 3.8) is 0 Å². The Morgan fingerprint density at radius 3 is 2.63 bits per heavy atom. The van der Waals surface area contributed by atoms with Gasteiger partial charge in [-0.1, -0.05) is 18.2 Å². The maximum atomic E-state index is 12.9. The molecule has 3 aromatic rings. The first-order valence-electron chi connectivity index (χ1n) is 8.89. The van der Waals surface area contributed by atoms with Crippen molar-refractivity contribution in [2.24, 2.45) is 0 Å². The molecule has 154 valence electrons. The van der Waals surface area contributed by atoms with Gasteiger partial charge in [-0.05, 0) is 48.0 Å². The fourth-order valence-corrected chi connectivity index (χ4v) is 3.20. The second kappa shape index (κ2) is 9.15. The summed E-state index contributed by atoms with van der Waals surface area (Å²) in [6.45, 7) is 0.360. The lowest BCUT2D eigenvalue weighted by Crippen LogP contribution is -2.34. The van der Waals surface area contributed by atoms with Crippen LogP contribution in [0.15, 0.2) is 71.3 Å². The van der Waals surface area contributed by atoms with Crippen LogP contribution in [-0.2, 0) is 23.2 Å². The van der Waals surface area contributed by atoms with Gasteiger partial charge in [0.1, 0.15) is 11.5 Å². The lowest BCUT2D eigenvalue weighted by molar-refractivity contribution is 0.201. The van der Waals surface area contributed by atoms with E-state index in [1.807, 2.05) is 6.07 Å². The smallest absolute Gasteiger partial charge is 0.322 e. The van der Waals surface area contributed by atoms with E-state index in [-0.39, 0.29) is 18.8 Å². The van der Waals surface area contributed by atoms with Crippen molar-refractivity contribution in [3.8, 4) is 11.8 Å². The van der Waals surface area contributed by atoms with Crippen molar-refractivity contribution >= 4 is 21.8 Å². The standard InChI is InChI=1S/C21H19N3O5S/c1-30(26,27)29-19-8-3-6-17(12-19)14-24(15-20-9-4-10-28-20)21(25)23-18-7-2-5-16(11-18)13-22/h2-12H,14-15H2,1H3,(H,23,25). The van der Waals surface area contributed by atoms with Gasteiger partial charge >= 0.3 is 16.1 Å². The molecular formula is C21H19N3O5S. The quantitative estimate of drug-likeness (QED) is 0.577. The Balaban J connectivity index is 1.81. The third kappa shape index (κ3) is 6.12. The van der Waals surface area contributed by atoms with Gasteiger partial charge in [0.2, 0.25) is 0 Å². The van der Waals surface area contributed by atoms with E-state index in [2.05, 4.69) is 5.32 Å². The van der Waals surface area contributed by atoms with E-state index in [9.17, 15) is 13.2 Å². The molecule has 0 aliphatic rings. The minimum atomic E-state index is -3.66. The van der Waals surface area contributed by atoms with Gasteiger partial charge in [0.25, 0.3) is 0 Å². The number of hydrogen-bond donors (Lipinski definition) is 1. The highest BCUT2D eigenvalue weighted by Gasteiger charge is 2.17. The van der Waals surface area contributed by atoms with Crippen molar-refractivity contribution in [2.45, 2.75) is 13.1 Å². The zero-order valence-corrected chi connectivity index (χ0v) is 16.9. The van der Waals surface area contributed by atoms with Gasteiger partial charge in [-0.15, -0.1) is 0 Å². The summed E-state index contributed by atoms with van der Waals surface area (Å²) in [5.74, 6) is 0.745. The molecule has 3 rings (SSSR count). The van der Waals surface area contributed by atoms with Gasteiger partial charge in [-0.3, -0.25) is 0 Å². The minimum absolute atomic E-state index is 0.162. The highest BCUT2D eigenvalue weighted by atomic mass is 32.2. The highest BCUT2D eigenvalue weighted by molar-refractivity contribution is 7.86. The van der Waals surface area contributed by atoms with E-state index in [1.165, 1.54) is 17.2 Å². The first-order chi connectivity index (χ1) is 14.3. The number of urea groups is 1. The van der Waals surface area contributed by atoms with Crippen LogP contribution in [0.3, 0.4) is 0 Å². The molecule has 2 amide bonds. The first-order valence-corrected chi connectivity index (χ1v) is 10.7. The predicted molar refractivity (Wildman–Crippen MR) is 110 cm³/mol. The van der Waals surface area contributed by atoms with E-state index < -0.39 is 16.1 Å². The summed E-state index contributed by atoms with van der Waals surface area (Å²) >= 11 is 0. The minimum Gasteiger partial charge on any atom is -0.467 e. The van der Waals surface area contributed by atoms with Crippen molar-refractivity contribution < 1.29 is 21.8 Å². The number of carbonyl (C=O) groups is 1. The number of nitriles is 1. The molecule has 0 atom stereocenters. The van der Waals surface area contributed by atoms with Crippen LogP contribution >= 0.6 is 0 Å². The number of furan rings is 1. The zero-order valence-electron chi connectivity index (χ0n) is 16.1. The average Bonchev–Trinajstić information content (AvgIpc) is 3.20. The summed E-state index contributed by atoms with van der Waals surface area (Å²) in [7, 11) is -3.66. The van der Waals surface area contributed by atoms with Gasteiger partial charge in [-0.25, -0.2) is 4.79 Å². The summed E-state index contributed by atoms with van der Waals surface area (Å²) in [4.78, 5) is 14.4. The monoisotopic (exact) mass is 425 g/mol. The van der Waals surface area contributed by atoms with Gasteiger partial charge in [-0.2, -0.15) is 13.7 Å². The molecule has 0 unspecified atom stereocenters. The lowest BCUT2D eigenvalue weighted by atomic mass is 10.2. The number of carbonyl (C=O) groups excluding carboxylic acids is 1. The SMILES string of the molecule is CS(=O)(=O)Oc1cccc(CN(Cc2ccco2)C(=O)Nc2cccc(C#N)c2)c1. The Hall–Kier alpha value is -3.77. The Morgan fingerprint density at radius 2 is 1.93 bits per heavy atom. The Bertz CT molecular complexity index is 1170. The molecule has 0 saturated heterocycles. The van der Waals surface area contributed by atoms with E-state index in [1.54, 1.807) is 54.6 Å². The molecule has 0 aliphatic carbocycles. The molecule has 1 aromatic heterocycles. The Kier molecular flexibility index (Phi) is 6.39. The highest BCUT2D eigenvalue weighted by Crippen LogP contribution is 2.19. The summed E-state index contributed by atoms with van der Waals surface area (Å²) in [5, 5.41) is 11.8. The number of amides is 2. The maximum absolute atomic E-state index is 12.9. The number of rotatable bonds is 7. The second-order valence-electron chi connectivity index (χ2n) is 6.49. The van der Waals surface area contributed by atoms with Crippen LogP contribution in [-0.4, -0.2) is 25.6 Å². The van der Waals surface area contributed by atoms with Gasteiger partial charge in [0, 0.05) is 12.2 Å². The van der Waals surface area contributed by atoms with Crippen LogP contribution < -0.4 is 9.50 Å². The summed E-state index contributed by atoms with van der Waals surface area (Å²) in [6.07, 6.45) is 2.48. The second-order valence-corrected chi connectivity index (χ2v) is 8.07. The molecule has 0 radical (unpaired) electrons.